The first-order chi connectivity index (χ1) is 7.65. The van der Waals surface area contributed by atoms with Crippen molar-refractivity contribution >= 4 is 15.9 Å². The summed E-state index contributed by atoms with van der Waals surface area (Å²) in [6.07, 6.45) is 10.2. The van der Waals surface area contributed by atoms with Gasteiger partial charge in [0.2, 0.25) is 0 Å². The van der Waals surface area contributed by atoms with E-state index < -0.39 is 0 Å². The molecule has 0 N–H and O–H groups in total. The molecule has 16 heavy (non-hydrogen) atoms. The second-order valence-corrected chi connectivity index (χ2v) is 7.19. The Bertz CT molecular complexity index is 209. The van der Waals surface area contributed by atoms with Gasteiger partial charge < -0.3 is 4.74 Å². The van der Waals surface area contributed by atoms with Crippen LogP contribution >= 0.6 is 15.9 Å². The maximum absolute atomic E-state index is 6.34. The molecule has 94 valence electrons. The van der Waals surface area contributed by atoms with Gasteiger partial charge in [-0.25, -0.2) is 0 Å². The summed E-state index contributed by atoms with van der Waals surface area (Å²) in [5.41, 5.74) is 0. The highest BCUT2D eigenvalue weighted by molar-refractivity contribution is 9.09. The summed E-state index contributed by atoms with van der Waals surface area (Å²) in [4.78, 5) is 0.605. The Morgan fingerprint density at radius 3 is 2.19 bits per heavy atom. The standard InChI is InChI=1S/C14H25BrO/c1-10-7-11(2)9-12(8-10)16-14-6-4-3-5-13(14)15/h10-14H,3-9H2,1-2H3. The number of alkyl halides is 1. The molecule has 0 saturated heterocycles. The second kappa shape index (κ2) is 5.86. The van der Waals surface area contributed by atoms with Gasteiger partial charge in [0.25, 0.3) is 0 Å². The minimum absolute atomic E-state index is 0.483. The van der Waals surface area contributed by atoms with E-state index in [4.69, 9.17) is 4.74 Å². The lowest BCUT2D eigenvalue weighted by molar-refractivity contribution is -0.0580. The van der Waals surface area contributed by atoms with E-state index in [1.54, 1.807) is 0 Å². The summed E-state index contributed by atoms with van der Waals surface area (Å²) in [5.74, 6) is 1.71. The summed E-state index contributed by atoms with van der Waals surface area (Å²) in [5, 5.41) is 0. The maximum atomic E-state index is 6.34. The van der Waals surface area contributed by atoms with E-state index in [9.17, 15) is 0 Å². The molecule has 1 nitrogen and oxygen atoms in total. The Morgan fingerprint density at radius 1 is 0.938 bits per heavy atom. The number of halogens is 1. The van der Waals surface area contributed by atoms with Gasteiger partial charge in [-0.1, -0.05) is 42.6 Å². The van der Waals surface area contributed by atoms with Gasteiger partial charge in [0, 0.05) is 4.83 Å². The molecule has 2 heteroatoms. The van der Waals surface area contributed by atoms with Crippen molar-refractivity contribution in [2.24, 2.45) is 11.8 Å². The molecule has 0 aromatic carbocycles. The van der Waals surface area contributed by atoms with Crippen molar-refractivity contribution in [3.05, 3.63) is 0 Å². The van der Waals surface area contributed by atoms with Crippen molar-refractivity contribution < 1.29 is 4.74 Å². The molecule has 0 heterocycles. The van der Waals surface area contributed by atoms with Crippen LogP contribution in [0.1, 0.15) is 58.8 Å². The SMILES string of the molecule is CC1CC(C)CC(OC2CCCCC2Br)C1. The molecule has 2 rings (SSSR count). The fourth-order valence-electron chi connectivity index (χ4n) is 3.44. The third-order valence-electron chi connectivity index (χ3n) is 4.12. The van der Waals surface area contributed by atoms with Crippen molar-refractivity contribution in [1.82, 2.24) is 0 Å². The fraction of sp³-hybridized carbons (Fsp3) is 1.00. The molecule has 4 unspecified atom stereocenters. The lowest BCUT2D eigenvalue weighted by atomic mass is 9.81. The summed E-state index contributed by atoms with van der Waals surface area (Å²) in [6.45, 7) is 4.75. The van der Waals surface area contributed by atoms with Gasteiger partial charge in [-0.3, -0.25) is 0 Å². The Morgan fingerprint density at radius 2 is 1.56 bits per heavy atom. The van der Waals surface area contributed by atoms with E-state index in [1.807, 2.05) is 0 Å². The summed E-state index contributed by atoms with van der Waals surface area (Å²) >= 11 is 3.79. The van der Waals surface area contributed by atoms with Crippen LogP contribution in [-0.4, -0.2) is 17.0 Å². The highest BCUT2D eigenvalue weighted by Gasteiger charge is 2.30. The van der Waals surface area contributed by atoms with Gasteiger partial charge in [-0.2, -0.15) is 0 Å². The molecular weight excluding hydrogens is 264 g/mol. The Labute approximate surface area is 108 Å². The molecule has 0 aliphatic heterocycles. The average Bonchev–Trinajstić information content (AvgIpc) is 2.20. The molecule has 0 amide bonds. The molecule has 2 saturated carbocycles. The summed E-state index contributed by atoms with van der Waals surface area (Å²) in [7, 11) is 0. The van der Waals surface area contributed by atoms with Crippen molar-refractivity contribution in [3.63, 3.8) is 0 Å². The van der Waals surface area contributed by atoms with E-state index >= 15 is 0 Å². The van der Waals surface area contributed by atoms with Crippen LogP contribution in [0.3, 0.4) is 0 Å². The van der Waals surface area contributed by atoms with E-state index in [0.717, 1.165) is 11.8 Å². The van der Waals surface area contributed by atoms with Crippen LogP contribution in [0.5, 0.6) is 0 Å². The van der Waals surface area contributed by atoms with Crippen LogP contribution in [-0.2, 0) is 4.74 Å². The quantitative estimate of drug-likeness (QED) is 0.678. The predicted molar refractivity (Wildman–Crippen MR) is 72.0 cm³/mol. The smallest absolute Gasteiger partial charge is 0.0703 e. The first-order valence-electron chi connectivity index (χ1n) is 6.94. The van der Waals surface area contributed by atoms with Gasteiger partial charge in [-0.15, -0.1) is 0 Å². The first kappa shape index (κ1) is 12.9. The highest BCUT2D eigenvalue weighted by Crippen LogP contribution is 2.34. The average molecular weight is 289 g/mol. The van der Waals surface area contributed by atoms with E-state index in [0.29, 0.717) is 17.0 Å². The van der Waals surface area contributed by atoms with Crippen LogP contribution in [0.4, 0.5) is 0 Å². The molecule has 2 aliphatic rings. The van der Waals surface area contributed by atoms with E-state index in [1.165, 1.54) is 44.9 Å². The van der Waals surface area contributed by atoms with Gasteiger partial charge in [0.1, 0.15) is 0 Å². The molecule has 2 aliphatic carbocycles. The lowest BCUT2D eigenvalue weighted by Gasteiger charge is -2.36. The van der Waals surface area contributed by atoms with Crippen LogP contribution < -0.4 is 0 Å². The molecule has 0 spiro atoms. The topological polar surface area (TPSA) is 9.23 Å². The monoisotopic (exact) mass is 288 g/mol. The van der Waals surface area contributed by atoms with Crippen LogP contribution in [0.15, 0.2) is 0 Å². The molecule has 0 aromatic heterocycles. The Balaban J connectivity index is 1.83. The number of hydrogen-bond acceptors (Lipinski definition) is 1. The zero-order valence-electron chi connectivity index (χ0n) is 10.6. The van der Waals surface area contributed by atoms with E-state index in [-0.39, 0.29) is 0 Å². The molecular formula is C14H25BrO. The molecule has 2 fully saturated rings. The fourth-order valence-corrected chi connectivity index (χ4v) is 4.15. The van der Waals surface area contributed by atoms with E-state index in [2.05, 4.69) is 29.8 Å². The van der Waals surface area contributed by atoms with Crippen molar-refractivity contribution in [2.45, 2.75) is 75.8 Å². The predicted octanol–water partition coefficient (Wildman–Crippen LogP) is 4.53. The number of ether oxygens (including phenoxy) is 1. The van der Waals surface area contributed by atoms with Gasteiger partial charge in [0.05, 0.1) is 12.2 Å². The summed E-state index contributed by atoms with van der Waals surface area (Å²) in [6, 6.07) is 0. The Hall–Kier alpha value is 0.440. The second-order valence-electron chi connectivity index (χ2n) is 6.01. The summed E-state index contributed by atoms with van der Waals surface area (Å²) < 4.78 is 6.34. The van der Waals surface area contributed by atoms with Crippen LogP contribution in [0.2, 0.25) is 0 Å². The largest absolute Gasteiger partial charge is 0.374 e. The highest BCUT2D eigenvalue weighted by atomic mass is 79.9. The number of rotatable bonds is 2. The molecule has 0 radical (unpaired) electrons. The molecule has 0 aromatic rings. The third kappa shape index (κ3) is 3.46. The minimum atomic E-state index is 0.483. The van der Waals surface area contributed by atoms with Crippen LogP contribution in [0.25, 0.3) is 0 Å². The van der Waals surface area contributed by atoms with Crippen LogP contribution in [0, 0.1) is 11.8 Å². The van der Waals surface area contributed by atoms with Crippen molar-refractivity contribution in [3.8, 4) is 0 Å². The van der Waals surface area contributed by atoms with Gasteiger partial charge >= 0.3 is 0 Å². The minimum Gasteiger partial charge on any atom is -0.374 e. The Kier molecular flexibility index (Phi) is 4.72. The first-order valence-corrected chi connectivity index (χ1v) is 7.86. The van der Waals surface area contributed by atoms with Crippen molar-refractivity contribution in [2.75, 3.05) is 0 Å². The maximum Gasteiger partial charge on any atom is 0.0703 e. The zero-order chi connectivity index (χ0) is 11.5. The third-order valence-corrected chi connectivity index (χ3v) is 5.17. The zero-order valence-corrected chi connectivity index (χ0v) is 12.2. The van der Waals surface area contributed by atoms with Gasteiger partial charge in [-0.05, 0) is 43.9 Å². The number of hydrogen-bond donors (Lipinski definition) is 0. The normalized spacial score (nSPS) is 45.6. The van der Waals surface area contributed by atoms with Crippen molar-refractivity contribution in [1.29, 1.82) is 0 Å². The molecule has 4 atom stereocenters. The lowest BCUT2D eigenvalue weighted by Crippen LogP contribution is -2.35. The van der Waals surface area contributed by atoms with Gasteiger partial charge in [0.15, 0.2) is 0 Å². The molecule has 0 bridgehead atoms.